The molecule has 0 saturated heterocycles. The van der Waals surface area contributed by atoms with Crippen LogP contribution in [0.4, 0.5) is 5.69 Å². The maximum atomic E-state index is 12.6. The molecule has 0 aliphatic carbocycles. The molecular weight excluding hydrogens is 422 g/mol. The number of nitrogens with zero attached hydrogens (tertiary/aromatic N) is 2. The zero-order valence-electron chi connectivity index (χ0n) is 17.6. The van der Waals surface area contributed by atoms with Crippen LogP contribution in [0.3, 0.4) is 0 Å². The number of halogens is 1. The Bertz CT molecular complexity index is 1090. The van der Waals surface area contributed by atoms with Crippen LogP contribution in [-0.4, -0.2) is 44.3 Å². The van der Waals surface area contributed by atoms with Crippen molar-refractivity contribution < 1.29 is 18.9 Å². The van der Waals surface area contributed by atoms with Crippen LogP contribution < -0.4 is 29.8 Å². The molecule has 0 radical (unpaired) electrons. The molecule has 3 rings (SSSR count). The van der Waals surface area contributed by atoms with E-state index in [2.05, 4.69) is 10.4 Å². The molecule has 1 N–H and O–H groups in total. The zero-order chi connectivity index (χ0) is 22.2. The number of rotatable bonds is 10. The van der Waals surface area contributed by atoms with E-state index in [1.165, 1.54) is 10.9 Å². The highest BCUT2D eigenvalue weighted by Gasteiger charge is 2.11. The Kier molecular flexibility index (Phi) is 7.61. The number of nitrogens with one attached hydrogen (secondary N) is 1. The average Bonchev–Trinajstić information content (AvgIpc) is 2.81. The summed E-state index contributed by atoms with van der Waals surface area (Å²) in [7, 11) is 4.71. The Morgan fingerprint density at radius 3 is 2.35 bits per heavy atom. The second kappa shape index (κ2) is 10.6. The van der Waals surface area contributed by atoms with Gasteiger partial charge in [-0.2, -0.15) is 5.10 Å². The molecule has 164 valence electrons. The lowest BCUT2D eigenvalue weighted by Crippen LogP contribution is -2.25. The summed E-state index contributed by atoms with van der Waals surface area (Å²) in [5.41, 5.74) is 0.875. The van der Waals surface area contributed by atoms with Crippen molar-refractivity contribution in [2.24, 2.45) is 0 Å². The smallest absolute Gasteiger partial charge is 0.287 e. The minimum atomic E-state index is -0.396. The molecule has 31 heavy (non-hydrogen) atoms. The van der Waals surface area contributed by atoms with Crippen LogP contribution in [0.25, 0.3) is 0 Å². The maximum Gasteiger partial charge on any atom is 0.287 e. The van der Waals surface area contributed by atoms with Gasteiger partial charge >= 0.3 is 0 Å². The Morgan fingerprint density at radius 2 is 1.65 bits per heavy atom. The van der Waals surface area contributed by atoms with Crippen LogP contribution >= 0.6 is 11.6 Å². The molecule has 0 saturated carbocycles. The largest absolute Gasteiger partial charge is 0.493 e. The van der Waals surface area contributed by atoms with Crippen LogP contribution in [0, 0.1) is 0 Å². The monoisotopic (exact) mass is 445 g/mol. The fourth-order valence-electron chi connectivity index (χ4n) is 2.94. The quantitative estimate of drug-likeness (QED) is 0.478. The highest BCUT2D eigenvalue weighted by atomic mass is 35.5. The molecular formula is C22H24ClN3O5. The first-order valence-electron chi connectivity index (χ1n) is 9.53. The zero-order valence-corrected chi connectivity index (χ0v) is 18.3. The summed E-state index contributed by atoms with van der Waals surface area (Å²) in [5.74, 6) is 2.48. The summed E-state index contributed by atoms with van der Waals surface area (Å²) >= 11 is 6.27. The van der Waals surface area contributed by atoms with Gasteiger partial charge in [0.1, 0.15) is 11.6 Å². The summed E-state index contributed by atoms with van der Waals surface area (Å²) in [6.07, 6.45) is 1.52. The van der Waals surface area contributed by atoms with Gasteiger partial charge in [-0.05, 0) is 29.8 Å². The highest BCUT2D eigenvalue weighted by Crippen LogP contribution is 2.28. The van der Waals surface area contributed by atoms with Gasteiger partial charge in [0.2, 0.25) is 0 Å². The van der Waals surface area contributed by atoms with Gasteiger partial charge < -0.3 is 24.3 Å². The molecule has 1 aromatic heterocycles. The maximum absolute atomic E-state index is 12.6. The lowest BCUT2D eigenvalue weighted by atomic mass is 10.2. The molecule has 0 unspecified atom stereocenters. The first-order valence-corrected chi connectivity index (χ1v) is 9.91. The number of methoxy groups -OCH3 is 3. The van der Waals surface area contributed by atoms with Crippen LogP contribution in [0.2, 0.25) is 5.02 Å². The molecule has 0 atom stereocenters. The fourth-order valence-corrected chi connectivity index (χ4v) is 3.15. The molecule has 0 fully saturated rings. The van der Waals surface area contributed by atoms with Crippen molar-refractivity contribution in [3.05, 3.63) is 69.6 Å². The van der Waals surface area contributed by atoms with Crippen molar-refractivity contribution in [1.82, 2.24) is 9.78 Å². The van der Waals surface area contributed by atoms with Crippen molar-refractivity contribution in [2.45, 2.75) is 6.54 Å². The topological polar surface area (TPSA) is 83.8 Å². The van der Waals surface area contributed by atoms with Crippen LogP contribution in [-0.2, 0) is 6.54 Å². The van der Waals surface area contributed by atoms with E-state index < -0.39 is 5.56 Å². The van der Waals surface area contributed by atoms with Crippen molar-refractivity contribution in [3.8, 4) is 23.0 Å². The third-order valence-electron chi connectivity index (χ3n) is 4.51. The van der Waals surface area contributed by atoms with E-state index in [1.54, 1.807) is 33.5 Å². The van der Waals surface area contributed by atoms with Gasteiger partial charge in [-0.15, -0.1) is 0 Å². The summed E-state index contributed by atoms with van der Waals surface area (Å²) in [6, 6.07) is 12.8. The normalized spacial score (nSPS) is 10.5. The van der Waals surface area contributed by atoms with Crippen molar-refractivity contribution in [1.29, 1.82) is 0 Å². The van der Waals surface area contributed by atoms with Crippen LogP contribution in [0.15, 0.2) is 53.5 Å². The van der Waals surface area contributed by atoms with Crippen molar-refractivity contribution >= 4 is 17.3 Å². The summed E-state index contributed by atoms with van der Waals surface area (Å²) < 4.78 is 22.8. The number of anilines is 1. The van der Waals surface area contributed by atoms with Gasteiger partial charge in [-0.25, -0.2) is 4.68 Å². The minimum absolute atomic E-state index is 0.0627. The minimum Gasteiger partial charge on any atom is -0.493 e. The number of para-hydroxylation sites is 2. The van der Waals surface area contributed by atoms with Crippen molar-refractivity contribution in [2.75, 3.05) is 39.8 Å². The Hall–Kier alpha value is -3.39. The third-order valence-corrected chi connectivity index (χ3v) is 4.87. The Balaban J connectivity index is 1.63. The summed E-state index contributed by atoms with van der Waals surface area (Å²) in [4.78, 5) is 12.6. The van der Waals surface area contributed by atoms with E-state index >= 15 is 0 Å². The molecule has 0 spiro atoms. The molecule has 0 aliphatic heterocycles. The third kappa shape index (κ3) is 5.40. The van der Waals surface area contributed by atoms with Crippen molar-refractivity contribution in [3.63, 3.8) is 0 Å². The number of benzene rings is 2. The SMILES string of the molecule is COc1ccc(Cn2ncc(NCCOc3ccccc3OC)c(Cl)c2=O)cc1OC. The summed E-state index contributed by atoms with van der Waals surface area (Å²) in [5, 5.41) is 7.36. The fraction of sp³-hybridized carbons (Fsp3) is 0.273. The van der Waals surface area contributed by atoms with Gasteiger partial charge in [0.05, 0.1) is 39.8 Å². The van der Waals surface area contributed by atoms with Gasteiger partial charge in [-0.3, -0.25) is 4.79 Å². The lowest BCUT2D eigenvalue weighted by Gasteiger charge is -2.13. The molecule has 9 heteroatoms. The van der Waals surface area contributed by atoms with Crippen LogP contribution in [0.1, 0.15) is 5.56 Å². The second-order valence-corrected chi connectivity index (χ2v) is 6.83. The van der Waals surface area contributed by atoms with Gasteiger partial charge in [0.25, 0.3) is 5.56 Å². The molecule has 2 aromatic carbocycles. The Labute approximate surface area is 185 Å². The Morgan fingerprint density at radius 1 is 0.968 bits per heavy atom. The van der Waals surface area contributed by atoms with E-state index in [-0.39, 0.29) is 11.6 Å². The van der Waals surface area contributed by atoms with E-state index in [9.17, 15) is 4.79 Å². The molecule has 1 heterocycles. The first kappa shape index (κ1) is 22.3. The first-order chi connectivity index (χ1) is 15.1. The molecule has 0 amide bonds. The average molecular weight is 446 g/mol. The van der Waals surface area contributed by atoms with E-state index in [0.717, 1.165) is 5.56 Å². The predicted octanol–water partition coefficient (Wildman–Crippen LogP) is 3.46. The van der Waals surface area contributed by atoms with E-state index in [0.29, 0.717) is 41.8 Å². The van der Waals surface area contributed by atoms with E-state index in [4.69, 9.17) is 30.5 Å². The van der Waals surface area contributed by atoms with Gasteiger partial charge in [-0.1, -0.05) is 29.8 Å². The number of aromatic nitrogens is 2. The van der Waals surface area contributed by atoms with Gasteiger partial charge in [0, 0.05) is 6.54 Å². The molecule has 8 nitrogen and oxygen atoms in total. The van der Waals surface area contributed by atoms with Gasteiger partial charge in [0.15, 0.2) is 23.0 Å². The number of hydrogen-bond donors (Lipinski definition) is 1. The van der Waals surface area contributed by atoms with Crippen LogP contribution in [0.5, 0.6) is 23.0 Å². The van der Waals surface area contributed by atoms with E-state index in [1.807, 2.05) is 30.3 Å². The molecule has 0 aliphatic rings. The number of hydrogen-bond acceptors (Lipinski definition) is 7. The lowest BCUT2D eigenvalue weighted by molar-refractivity contribution is 0.306. The second-order valence-electron chi connectivity index (χ2n) is 6.45. The molecule has 3 aromatic rings. The standard InChI is InChI=1S/C22H24ClN3O5/c1-28-17-6-4-5-7-19(17)31-11-10-24-16-13-25-26(22(27)21(16)23)14-15-8-9-18(29-2)20(12-15)30-3/h4-9,12-13,24H,10-11,14H2,1-3H3. The predicted molar refractivity (Wildman–Crippen MR) is 119 cm³/mol. The summed E-state index contributed by atoms with van der Waals surface area (Å²) in [6.45, 7) is 1.03. The highest BCUT2D eigenvalue weighted by molar-refractivity contribution is 6.32. The molecule has 0 bridgehead atoms. The number of ether oxygens (including phenoxy) is 4.